The number of hydrogen-bond acceptors (Lipinski definition) is 3. The highest BCUT2D eigenvalue weighted by Crippen LogP contribution is 2.34. The Morgan fingerprint density at radius 3 is 2.39 bits per heavy atom. The van der Waals surface area contributed by atoms with Crippen LogP contribution in [0.2, 0.25) is 0 Å². The normalized spacial score (nSPS) is 15.0. The van der Waals surface area contributed by atoms with Crippen LogP contribution < -0.4 is 9.47 Å². The second kappa shape index (κ2) is 7.97. The van der Waals surface area contributed by atoms with E-state index in [0.717, 1.165) is 48.5 Å². The number of rotatable bonds is 5. The topological polar surface area (TPSA) is 54.6 Å². The number of ether oxygens (including phenoxy) is 2. The lowest BCUT2D eigenvalue weighted by Crippen LogP contribution is -2.38. The minimum absolute atomic E-state index is 0.198. The Balaban J connectivity index is 1.39. The number of carbonyl (C=O) groups excluding carboxylic acids is 1. The minimum atomic E-state index is 0.198. The maximum atomic E-state index is 12.7. The summed E-state index contributed by atoms with van der Waals surface area (Å²) >= 11 is 0. The van der Waals surface area contributed by atoms with E-state index < -0.39 is 0 Å². The maximum Gasteiger partial charge on any atom is 0.226 e. The van der Waals surface area contributed by atoms with Crippen LogP contribution in [0.5, 0.6) is 11.5 Å². The van der Waals surface area contributed by atoms with Crippen molar-refractivity contribution in [2.45, 2.75) is 25.2 Å². The molecule has 0 unspecified atom stereocenters. The molecule has 0 atom stereocenters. The van der Waals surface area contributed by atoms with Crippen molar-refractivity contribution >= 4 is 16.8 Å². The van der Waals surface area contributed by atoms with Crippen LogP contribution >= 0.6 is 0 Å². The second-order valence-corrected chi connectivity index (χ2v) is 7.34. The number of hydrogen-bond donors (Lipinski definition) is 1. The van der Waals surface area contributed by atoms with Crippen molar-refractivity contribution in [2.24, 2.45) is 0 Å². The summed E-state index contributed by atoms with van der Waals surface area (Å²) in [6.45, 7) is 1.60. The molecule has 1 aliphatic rings. The average Bonchev–Trinajstić information content (AvgIpc) is 3.17. The van der Waals surface area contributed by atoms with Crippen molar-refractivity contribution in [3.8, 4) is 11.5 Å². The third kappa shape index (κ3) is 3.70. The molecule has 0 bridgehead atoms. The van der Waals surface area contributed by atoms with Gasteiger partial charge >= 0.3 is 0 Å². The van der Waals surface area contributed by atoms with E-state index in [1.165, 1.54) is 10.9 Å². The first-order valence-corrected chi connectivity index (χ1v) is 9.73. The molecule has 146 valence electrons. The molecular formula is C23H26N2O3. The van der Waals surface area contributed by atoms with Gasteiger partial charge in [0.2, 0.25) is 5.91 Å². The molecule has 0 radical (unpaired) electrons. The summed E-state index contributed by atoms with van der Waals surface area (Å²) in [5.74, 6) is 2.35. The van der Waals surface area contributed by atoms with Crippen molar-refractivity contribution < 1.29 is 14.3 Å². The number of amides is 1. The molecule has 3 aromatic rings. The van der Waals surface area contributed by atoms with E-state index in [1.807, 2.05) is 35.2 Å². The number of H-pyrrole nitrogens is 1. The summed E-state index contributed by atoms with van der Waals surface area (Å²) in [6, 6.07) is 13.9. The lowest BCUT2D eigenvalue weighted by Gasteiger charge is -2.32. The molecule has 4 rings (SSSR count). The molecule has 1 saturated heterocycles. The zero-order valence-corrected chi connectivity index (χ0v) is 16.4. The molecule has 0 saturated carbocycles. The Hall–Kier alpha value is -2.95. The summed E-state index contributed by atoms with van der Waals surface area (Å²) in [4.78, 5) is 18.0. The number of piperidine rings is 1. The summed E-state index contributed by atoms with van der Waals surface area (Å²) in [5, 5.41) is 1.22. The average molecular weight is 378 g/mol. The van der Waals surface area contributed by atoms with Gasteiger partial charge in [0.1, 0.15) is 11.5 Å². The molecule has 0 spiro atoms. The highest BCUT2D eigenvalue weighted by molar-refractivity contribution is 5.85. The van der Waals surface area contributed by atoms with Gasteiger partial charge in [-0.05, 0) is 60.2 Å². The van der Waals surface area contributed by atoms with E-state index in [-0.39, 0.29) is 5.91 Å². The molecule has 1 aromatic heterocycles. The van der Waals surface area contributed by atoms with E-state index in [9.17, 15) is 4.79 Å². The molecule has 5 nitrogen and oxygen atoms in total. The number of benzene rings is 2. The first-order chi connectivity index (χ1) is 13.7. The third-order valence-corrected chi connectivity index (χ3v) is 5.72. The maximum absolute atomic E-state index is 12.7. The predicted octanol–water partition coefficient (Wildman–Crippen LogP) is 4.13. The highest BCUT2D eigenvalue weighted by Gasteiger charge is 2.25. The van der Waals surface area contributed by atoms with Crippen LogP contribution in [0.25, 0.3) is 10.9 Å². The van der Waals surface area contributed by atoms with Crippen molar-refractivity contribution in [1.29, 1.82) is 0 Å². The fraction of sp³-hybridized carbons (Fsp3) is 0.348. The van der Waals surface area contributed by atoms with Crippen LogP contribution in [0.15, 0.2) is 48.7 Å². The monoisotopic (exact) mass is 378 g/mol. The van der Waals surface area contributed by atoms with E-state index in [1.54, 1.807) is 14.2 Å². The largest absolute Gasteiger partial charge is 0.497 e. The molecule has 1 N–H and O–H groups in total. The van der Waals surface area contributed by atoms with Gasteiger partial charge in [0.25, 0.3) is 0 Å². The van der Waals surface area contributed by atoms with Gasteiger partial charge in [0.15, 0.2) is 0 Å². The van der Waals surface area contributed by atoms with Crippen molar-refractivity contribution in [3.05, 3.63) is 59.8 Å². The molecular weight excluding hydrogens is 352 g/mol. The molecule has 5 heteroatoms. The number of nitrogens with one attached hydrogen (secondary N) is 1. The van der Waals surface area contributed by atoms with Crippen LogP contribution in [-0.4, -0.2) is 43.1 Å². The SMILES string of the molecule is COc1ccc(CC(=O)N2CCC(c3c[nH]c4ccc(OC)cc34)CC2)cc1. The van der Waals surface area contributed by atoms with Crippen LogP contribution in [0.1, 0.15) is 29.9 Å². The second-order valence-electron chi connectivity index (χ2n) is 7.34. The van der Waals surface area contributed by atoms with Crippen molar-refractivity contribution in [1.82, 2.24) is 9.88 Å². The standard InChI is InChI=1S/C23H26N2O3/c1-27-18-5-3-16(4-6-18)13-23(26)25-11-9-17(10-12-25)21-15-24-22-8-7-19(28-2)14-20(21)22/h3-8,14-15,17,24H,9-13H2,1-2H3. The predicted molar refractivity (Wildman–Crippen MR) is 110 cm³/mol. The first-order valence-electron chi connectivity index (χ1n) is 9.73. The van der Waals surface area contributed by atoms with Gasteiger partial charge in [-0.1, -0.05) is 12.1 Å². The zero-order valence-electron chi connectivity index (χ0n) is 16.4. The number of carbonyl (C=O) groups is 1. The smallest absolute Gasteiger partial charge is 0.226 e. The van der Waals surface area contributed by atoms with Crippen LogP contribution in [0.3, 0.4) is 0 Å². The fourth-order valence-electron chi connectivity index (χ4n) is 4.06. The molecule has 2 heterocycles. The summed E-state index contributed by atoms with van der Waals surface area (Å²) < 4.78 is 10.6. The quantitative estimate of drug-likeness (QED) is 0.726. The van der Waals surface area contributed by atoms with E-state index in [2.05, 4.69) is 23.3 Å². The molecule has 1 fully saturated rings. The fourth-order valence-corrected chi connectivity index (χ4v) is 4.06. The zero-order chi connectivity index (χ0) is 19.5. The van der Waals surface area contributed by atoms with Gasteiger partial charge in [-0.25, -0.2) is 0 Å². The number of aromatic nitrogens is 1. The molecule has 1 amide bonds. The van der Waals surface area contributed by atoms with Crippen molar-refractivity contribution in [2.75, 3.05) is 27.3 Å². The van der Waals surface area contributed by atoms with Gasteiger partial charge in [0, 0.05) is 30.2 Å². The Labute approximate surface area is 165 Å². The van der Waals surface area contributed by atoms with Crippen LogP contribution in [0, 0.1) is 0 Å². The molecule has 28 heavy (non-hydrogen) atoms. The van der Waals surface area contributed by atoms with Gasteiger partial charge < -0.3 is 19.4 Å². The number of nitrogens with zero attached hydrogens (tertiary/aromatic N) is 1. The van der Waals surface area contributed by atoms with E-state index >= 15 is 0 Å². The van der Waals surface area contributed by atoms with Gasteiger partial charge in [0.05, 0.1) is 20.6 Å². The van der Waals surface area contributed by atoms with Crippen LogP contribution in [-0.2, 0) is 11.2 Å². The summed E-state index contributed by atoms with van der Waals surface area (Å²) in [7, 11) is 3.34. The number of likely N-dealkylation sites (tertiary alicyclic amines) is 1. The molecule has 2 aromatic carbocycles. The van der Waals surface area contributed by atoms with Crippen molar-refractivity contribution in [3.63, 3.8) is 0 Å². The lowest BCUT2D eigenvalue weighted by molar-refractivity contribution is -0.131. The van der Waals surface area contributed by atoms with E-state index in [4.69, 9.17) is 9.47 Å². The summed E-state index contributed by atoms with van der Waals surface area (Å²) in [6.07, 6.45) is 4.53. The number of methoxy groups -OCH3 is 2. The molecule has 0 aliphatic carbocycles. The third-order valence-electron chi connectivity index (χ3n) is 5.72. The van der Waals surface area contributed by atoms with Gasteiger partial charge in [-0.15, -0.1) is 0 Å². The van der Waals surface area contributed by atoms with Crippen LogP contribution in [0.4, 0.5) is 0 Å². The first kappa shape index (κ1) is 18.4. The Kier molecular flexibility index (Phi) is 5.24. The molecule has 1 aliphatic heterocycles. The van der Waals surface area contributed by atoms with Gasteiger partial charge in [-0.3, -0.25) is 4.79 Å². The lowest BCUT2D eigenvalue weighted by atomic mass is 9.89. The Bertz CT molecular complexity index is 954. The Morgan fingerprint density at radius 2 is 1.71 bits per heavy atom. The minimum Gasteiger partial charge on any atom is -0.497 e. The highest BCUT2D eigenvalue weighted by atomic mass is 16.5. The number of fused-ring (bicyclic) bond motifs is 1. The number of aromatic amines is 1. The van der Waals surface area contributed by atoms with Gasteiger partial charge in [-0.2, -0.15) is 0 Å². The van der Waals surface area contributed by atoms with E-state index in [0.29, 0.717) is 12.3 Å². The Morgan fingerprint density at radius 1 is 1.04 bits per heavy atom. The summed E-state index contributed by atoms with van der Waals surface area (Å²) in [5.41, 5.74) is 3.49.